The average molecular weight is 563 g/mol. The number of amides is 2. The van der Waals surface area contributed by atoms with Crippen LogP contribution in [0.15, 0.2) is 48.5 Å². The molecule has 2 N–H and O–H groups in total. The molecule has 0 atom stereocenters. The lowest BCUT2D eigenvalue weighted by atomic mass is 10.1. The molecule has 1 aromatic heterocycles. The number of anilines is 2. The summed E-state index contributed by atoms with van der Waals surface area (Å²) < 4.78 is 16.3. The highest BCUT2D eigenvalue weighted by Gasteiger charge is 2.23. The molecule has 0 radical (unpaired) electrons. The first kappa shape index (κ1) is 29.4. The molecule has 1 aliphatic rings. The predicted molar refractivity (Wildman–Crippen MR) is 158 cm³/mol. The van der Waals surface area contributed by atoms with Crippen LogP contribution in [-0.4, -0.2) is 87.3 Å². The van der Waals surface area contributed by atoms with Crippen molar-refractivity contribution in [3.8, 4) is 28.6 Å². The van der Waals surface area contributed by atoms with Crippen LogP contribution in [0.3, 0.4) is 0 Å². The van der Waals surface area contributed by atoms with E-state index in [0.717, 1.165) is 16.9 Å². The molecule has 2 amide bonds. The number of hydrogen-bond acceptors (Lipinski definition) is 9. The molecule has 4 rings (SSSR count). The summed E-state index contributed by atoms with van der Waals surface area (Å²) in [6, 6.07) is 15.5. The van der Waals surface area contributed by atoms with Crippen molar-refractivity contribution in [2.45, 2.75) is 19.8 Å². The minimum atomic E-state index is -0.0731. The fourth-order valence-corrected chi connectivity index (χ4v) is 4.71. The van der Waals surface area contributed by atoms with Gasteiger partial charge in [0.2, 0.25) is 17.6 Å². The summed E-state index contributed by atoms with van der Waals surface area (Å²) in [6.45, 7) is 5.05. The summed E-state index contributed by atoms with van der Waals surface area (Å²) in [5.41, 5.74) is 1.86. The van der Waals surface area contributed by atoms with Gasteiger partial charge in [-0.3, -0.25) is 9.59 Å². The Morgan fingerprint density at radius 1 is 0.878 bits per heavy atom. The topological polar surface area (TPSA) is 118 Å². The molecule has 2 aromatic carbocycles. The van der Waals surface area contributed by atoms with Gasteiger partial charge in [-0.15, -0.1) is 0 Å². The fraction of sp³-hybridized carbons (Fsp3) is 0.400. The monoisotopic (exact) mass is 562 g/mol. The Morgan fingerprint density at radius 3 is 2.17 bits per heavy atom. The van der Waals surface area contributed by atoms with Gasteiger partial charge in [-0.25, -0.2) is 9.97 Å². The van der Waals surface area contributed by atoms with Gasteiger partial charge in [0.25, 0.3) is 0 Å². The zero-order valence-electron chi connectivity index (χ0n) is 24.1. The van der Waals surface area contributed by atoms with Crippen molar-refractivity contribution in [1.82, 2.24) is 20.2 Å². The second-order valence-electron chi connectivity index (χ2n) is 9.61. The van der Waals surface area contributed by atoms with Gasteiger partial charge in [-0.1, -0.05) is 30.3 Å². The van der Waals surface area contributed by atoms with Crippen molar-refractivity contribution in [2.75, 3.05) is 70.8 Å². The standard InChI is InChI=1S/C30H38N6O5/c1-21(37)31-12-13-32-26-20-27(34-30(33-26)23-8-6-5-7-9-23)35-14-16-36(17-15-35)28(38)11-10-22-18-24(39-2)29(41-4)25(19-22)40-3/h5-9,18-20H,10-17H2,1-4H3,(H,31,37)(H,32,33,34). The zero-order valence-corrected chi connectivity index (χ0v) is 24.1. The molecular formula is C30H38N6O5. The van der Waals surface area contributed by atoms with Crippen molar-refractivity contribution in [2.24, 2.45) is 0 Å². The number of nitrogens with zero attached hydrogens (tertiary/aromatic N) is 4. The fourth-order valence-electron chi connectivity index (χ4n) is 4.71. The molecule has 0 bridgehead atoms. The Labute approximate surface area is 240 Å². The van der Waals surface area contributed by atoms with E-state index in [1.54, 1.807) is 21.3 Å². The van der Waals surface area contributed by atoms with E-state index in [9.17, 15) is 9.59 Å². The lowest BCUT2D eigenvalue weighted by molar-refractivity contribution is -0.131. The second-order valence-corrected chi connectivity index (χ2v) is 9.61. The quantitative estimate of drug-likeness (QED) is 0.321. The van der Waals surface area contributed by atoms with E-state index in [-0.39, 0.29) is 11.8 Å². The largest absolute Gasteiger partial charge is 0.493 e. The van der Waals surface area contributed by atoms with Crippen LogP contribution in [0.5, 0.6) is 17.2 Å². The van der Waals surface area contributed by atoms with Gasteiger partial charge in [-0.2, -0.15) is 0 Å². The van der Waals surface area contributed by atoms with Gasteiger partial charge in [-0.05, 0) is 24.1 Å². The van der Waals surface area contributed by atoms with Gasteiger partial charge in [0.05, 0.1) is 21.3 Å². The molecule has 1 saturated heterocycles. The van der Waals surface area contributed by atoms with E-state index in [1.807, 2.05) is 53.4 Å². The number of benzene rings is 2. The molecule has 1 aliphatic heterocycles. The number of hydrogen-bond donors (Lipinski definition) is 2. The third-order valence-electron chi connectivity index (χ3n) is 6.86. The molecule has 41 heavy (non-hydrogen) atoms. The molecular weight excluding hydrogens is 524 g/mol. The number of rotatable bonds is 12. The van der Waals surface area contributed by atoms with E-state index in [0.29, 0.717) is 81.0 Å². The van der Waals surface area contributed by atoms with Crippen molar-refractivity contribution in [3.63, 3.8) is 0 Å². The number of aryl methyl sites for hydroxylation is 1. The summed E-state index contributed by atoms with van der Waals surface area (Å²) in [5, 5.41) is 6.07. The highest BCUT2D eigenvalue weighted by molar-refractivity contribution is 5.77. The highest BCUT2D eigenvalue weighted by Crippen LogP contribution is 2.38. The number of ether oxygens (including phenoxy) is 3. The lowest BCUT2D eigenvalue weighted by Crippen LogP contribution is -2.49. The number of nitrogens with one attached hydrogen (secondary N) is 2. The summed E-state index contributed by atoms with van der Waals surface area (Å²) in [6.07, 6.45) is 0.947. The Bertz CT molecular complexity index is 1300. The molecule has 0 unspecified atom stereocenters. The first-order chi connectivity index (χ1) is 19.9. The van der Waals surface area contributed by atoms with Crippen molar-refractivity contribution < 1.29 is 23.8 Å². The number of piperazine rings is 1. The van der Waals surface area contributed by atoms with Crippen LogP contribution in [0, 0.1) is 0 Å². The second kappa shape index (κ2) is 14.2. The summed E-state index contributed by atoms with van der Waals surface area (Å²) in [5.74, 6) is 3.82. The summed E-state index contributed by atoms with van der Waals surface area (Å²) >= 11 is 0. The Balaban J connectivity index is 1.39. The van der Waals surface area contributed by atoms with Gasteiger partial charge in [0, 0.05) is 64.2 Å². The SMILES string of the molecule is COc1cc(CCC(=O)N2CCN(c3cc(NCCNC(C)=O)nc(-c4ccccc4)n3)CC2)cc(OC)c1OC. The number of carbonyl (C=O) groups excluding carboxylic acids is 2. The van der Waals surface area contributed by atoms with E-state index in [2.05, 4.69) is 15.5 Å². The van der Waals surface area contributed by atoms with E-state index < -0.39 is 0 Å². The third kappa shape index (κ3) is 7.77. The molecule has 0 spiro atoms. The number of aromatic nitrogens is 2. The maximum absolute atomic E-state index is 13.1. The van der Waals surface area contributed by atoms with E-state index in [1.165, 1.54) is 6.92 Å². The normalized spacial score (nSPS) is 13.0. The van der Waals surface area contributed by atoms with Crippen LogP contribution >= 0.6 is 0 Å². The zero-order chi connectivity index (χ0) is 29.2. The van der Waals surface area contributed by atoms with E-state index in [4.69, 9.17) is 24.2 Å². The third-order valence-corrected chi connectivity index (χ3v) is 6.86. The van der Waals surface area contributed by atoms with Crippen molar-refractivity contribution >= 4 is 23.5 Å². The van der Waals surface area contributed by atoms with Gasteiger partial charge in [0.1, 0.15) is 11.6 Å². The molecule has 11 heteroatoms. The molecule has 218 valence electrons. The van der Waals surface area contributed by atoms with Crippen LogP contribution in [0.4, 0.5) is 11.6 Å². The smallest absolute Gasteiger partial charge is 0.223 e. The summed E-state index contributed by atoms with van der Waals surface area (Å²) in [7, 11) is 4.73. The average Bonchev–Trinajstić information content (AvgIpc) is 3.01. The van der Waals surface area contributed by atoms with Crippen LogP contribution in [-0.2, 0) is 16.0 Å². The number of methoxy groups -OCH3 is 3. The lowest BCUT2D eigenvalue weighted by Gasteiger charge is -2.35. The van der Waals surface area contributed by atoms with E-state index >= 15 is 0 Å². The molecule has 1 fully saturated rings. The number of carbonyl (C=O) groups is 2. The minimum absolute atomic E-state index is 0.0731. The predicted octanol–water partition coefficient (Wildman–Crippen LogP) is 3.00. The first-order valence-corrected chi connectivity index (χ1v) is 13.7. The maximum atomic E-state index is 13.1. The van der Waals surface area contributed by atoms with Crippen LogP contribution in [0.25, 0.3) is 11.4 Å². The first-order valence-electron chi connectivity index (χ1n) is 13.7. The Hall–Kier alpha value is -4.54. The Morgan fingerprint density at radius 2 is 1.56 bits per heavy atom. The van der Waals surface area contributed by atoms with Gasteiger partial charge < -0.3 is 34.6 Å². The van der Waals surface area contributed by atoms with Crippen molar-refractivity contribution in [1.29, 1.82) is 0 Å². The van der Waals surface area contributed by atoms with Crippen LogP contribution < -0.4 is 29.7 Å². The summed E-state index contributed by atoms with van der Waals surface area (Å²) in [4.78, 5) is 37.9. The van der Waals surface area contributed by atoms with Crippen LogP contribution in [0.2, 0.25) is 0 Å². The van der Waals surface area contributed by atoms with Gasteiger partial charge >= 0.3 is 0 Å². The van der Waals surface area contributed by atoms with Gasteiger partial charge in [0.15, 0.2) is 17.3 Å². The Kier molecular flexibility index (Phi) is 10.2. The molecule has 0 aliphatic carbocycles. The van der Waals surface area contributed by atoms with Crippen molar-refractivity contribution in [3.05, 3.63) is 54.1 Å². The molecule has 3 aromatic rings. The molecule has 0 saturated carbocycles. The molecule has 2 heterocycles. The minimum Gasteiger partial charge on any atom is -0.493 e. The molecule has 11 nitrogen and oxygen atoms in total. The highest BCUT2D eigenvalue weighted by atomic mass is 16.5. The maximum Gasteiger partial charge on any atom is 0.223 e. The van der Waals surface area contributed by atoms with Crippen LogP contribution in [0.1, 0.15) is 18.9 Å².